The lowest BCUT2D eigenvalue weighted by Gasteiger charge is -2.31. The molecular weight excluding hydrogens is 138 g/mol. The Kier molecular flexibility index (Phi) is 2.03. The van der Waals surface area contributed by atoms with E-state index in [4.69, 9.17) is 0 Å². The molecule has 1 aliphatic heterocycles. The lowest BCUT2D eigenvalue weighted by atomic mass is 9.99. The third-order valence-electron chi connectivity index (χ3n) is 2.50. The molecule has 1 fully saturated rings. The van der Waals surface area contributed by atoms with E-state index in [2.05, 4.69) is 13.5 Å². The third-order valence-corrected chi connectivity index (χ3v) is 2.50. The summed E-state index contributed by atoms with van der Waals surface area (Å²) in [4.78, 5) is 13.0. The van der Waals surface area contributed by atoms with Crippen LogP contribution in [-0.4, -0.2) is 22.9 Å². The average molecular weight is 153 g/mol. The first kappa shape index (κ1) is 8.31. The first-order valence-electron chi connectivity index (χ1n) is 4.02. The van der Waals surface area contributed by atoms with Gasteiger partial charge in [-0.25, -0.2) is 0 Å². The summed E-state index contributed by atoms with van der Waals surface area (Å²) in [6.07, 6.45) is 4.03. The van der Waals surface area contributed by atoms with E-state index < -0.39 is 0 Å². The van der Waals surface area contributed by atoms with E-state index in [0.717, 1.165) is 19.4 Å². The molecule has 0 N–H and O–H groups in total. The van der Waals surface area contributed by atoms with Gasteiger partial charge in [0.15, 0.2) is 0 Å². The van der Waals surface area contributed by atoms with Gasteiger partial charge < -0.3 is 4.90 Å². The van der Waals surface area contributed by atoms with Crippen LogP contribution in [0.15, 0.2) is 12.7 Å². The van der Waals surface area contributed by atoms with Gasteiger partial charge in [-0.15, -0.1) is 6.58 Å². The highest BCUT2D eigenvalue weighted by molar-refractivity contribution is 5.74. The van der Waals surface area contributed by atoms with Crippen molar-refractivity contribution >= 4 is 5.91 Å². The molecule has 2 heteroatoms. The minimum atomic E-state index is -0.0775. The summed E-state index contributed by atoms with van der Waals surface area (Å²) in [5.74, 6) is 0.157. The monoisotopic (exact) mass is 153 g/mol. The summed E-state index contributed by atoms with van der Waals surface area (Å²) >= 11 is 0. The Balaban J connectivity index is 2.80. The topological polar surface area (TPSA) is 20.3 Å². The van der Waals surface area contributed by atoms with Gasteiger partial charge in [0.1, 0.15) is 0 Å². The minimum absolute atomic E-state index is 0.0775. The van der Waals surface area contributed by atoms with Crippen molar-refractivity contribution in [2.45, 2.75) is 32.2 Å². The number of nitrogens with zero attached hydrogens (tertiary/aromatic N) is 1. The molecule has 0 aromatic carbocycles. The Labute approximate surface area is 67.9 Å². The molecule has 1 rings (SSSR count). The summed E-state index contributed by atoms with van der Waals surface area (Å²) in [6, 6.07) is 0. The maximum Gasteiger partial charge on any atom is 0.220 e. The van der Waals surface area contributed by atoms with E-state index in [1.54, 1.807) is 6.92 Å². The highest BCUT2D eigenvalue weighted by Crippen LogP contribution is 2.29. The maximum absolute atomic E-state index is 11.1. The van der Waals surface area contributed by atoms with Gasteiger partial charge in [0.05, 0.1) is 5.54 Å². The number of rotatable bonds is 1. The molecule has 11 heavy (non-hydrogen) atoms. The number of hydrogen-bond donors (Lipinski definition) is 0. The van der Waals surface area contributed by atoms with Crippen LogP contribution in [0.4, 0.5) is 0 Å². The Morgan fingerprint density at radius 3 is 2.73 bits per heavy atom. The van der Waals surface area contributed by atoms with Crippen molar-refractivity contribution in [2.75, 3.05) is 6.54 Å². The number of likely N-dealkylation sites (tertiary alicyclic amines) is 1. The second kappa shape index (κ2) is 2.68. The van der Waals surface area contributed by atoms with Gasteiger partial charge in [-0.05, 0) is 19.8 Å². The van der Waals surface area contributed by atoms with Gasteiger partial charge in [0, 0.05) is 13.5 Å². The number of carbonyl (C=O) groups excluding carboxylic acids is 1. The molecule has 0 aromatic heterocycles. The van der Waals surface area contributed by atoms with Gasteiger partial charge in [-0.2, -0.15) is 0 Å². The first-order chi connectivity index (χ1) is 5.10. The zero-order chi connectivity index (χ0) is 8.48. The predicted molar refractivity (Wildman–Crippen MR) is 45.2 cm³/mol. The molecule has 1 aliphatic rings. The van der Waals surface area contributed by atoms with Crippen LogP contribution in [-0.2, 0) is 4.79 Å². The minimum Gasteiger partial charge on any atom is -0.334 e. The van der Waals surface area contributed by atoms with Crippen LogP contribution in [0.3, 0.4) is 0 Å². The number of carbonyl (C=O) groups is 1. The maximum atomic E-state index is 11.1. The van der Waals surface area contributed by atoms with Gasteiger partial charge in [-0.3, -0.25) is 4.79 Å². The van der Waals surface area contributed by atoms with Crippen LogP contribution in [0.25, 0.3) is 0 Å². The van der Waals surface area contributed by atoms with E-state index in [-0.39, 0.29) is 11.4 Å². The molecule has 0 radical (unpaired) electrons. The van der Waals surface area contributed by atoms with Crippen LogP contribution in [0.5, 0.6) is 0 Å². The van der Waals surface area contributed by atoms with E-state index in [0.29, 0.717) is 0 Å². The standard InChI is InChI=1S/C9H15NO/c1-4-9(3)6-5-7-10(9)8(2)11/h4H,1,5-7H2,2-3H3/t9-/m1/s1. The SMILES string of the molecule is C=C[C@]1(C)CCCN1C(C)=O. The number of amides is 1. The van der Waals surface area contributed by atoms with Crippen LogP contribution in [0.1, 0.15) is 26.7 Å². The quantitative estimate of drug-likeness (QED) is 0.524. The van der Waals surface area contributed by atoms with Gasteiger partial charge >= 0.3 is 0 Å². The lowest BCUT2D eigenvalue weighted by Crippen LogP contribution is -2.42. The van der Waals surface area contributed by atoms with Crippen LogP contribution in [0.2, 0.25) is 0 Å². The van der Waals surface area contributed by atoms with Crippen molar-refractivity contribution in [3.8, 4) is 0 Å². The van der Waals surface area contributed by atoms with Crippen molar-refractivity contribution in [3.05, 3.63) is 12.7 Å². The molecule has 0 aromatic rings. The fourth-order valence-electron chi connectivity index (χ4n) is 1.71. The van der Waals surface area contributed by atoms with Crippen LogP contribution in [0, 0.1) is 0 Å². The molecule has 0 unspecified atom stereocenters. The highest BCUT2D eigenvalue weighted by Gasteiger charge is 2.34. The van der Waals surface area contributed by atoms with E-state index in [1.807, 2.05) is 11.0 Å². The zero-order valence-electron chi connectivity index (χ0n) is 7.26. The molecule has 0 aliphatic carbocycles. The molecule has 62 valence electrons. The summed E-state index contributed by atoms with van der Waals surface area (Å²) in [5.41, 5.74) is -0.0775. The first-order valence-corrected chi connectivity index (χ1v) is 4.02. The molecule has 1 heterocycles. The van der Waals surface area contributed by atoms with Crippen molar-refractivity contribution in [1.82, 2.24) is 4.90 Å². The highest BCUT2D eigenvalue weighted by atomic mass is 16.2. The van der Waals surface area contributed by atoms with Crippen molar-refractivity contribution in [1.29, 1.82) is 0 Å². The number of hydrogen-bond acceptors (Lipinski definition) is 1. The Morgan fingerprint density at radius 2 is 2.36 bits per heavy atom. The third kappa shape index (κ3) is 1.30. The Morgan fingerprint density at radius 1 is 1.73 bits per heavy atom. The van der Waals surface area contributed by atoms with Crippen LogP contribution >= 0.6 is 0 Å². The Bertz CT molecular complexity index is 188. The zero-order valence-corrected chi connectivity index (χ0v) is 7.26. The predicted octanol–water partition coefficient (Wildman–Crippen LogP) is 1.57. The molecule has 0 saturated carbocycles. The second-order valence-electron chi connectivity index (χ2n) is 3.34. The van der Waals surface area contributed by atoms with Crippen LogP contribution < -0.4 is 0 Å². The summed E-state index contributed by atoms with van der Waals surface area (Å²) < 4.78 is 0. The summed E-state index contributed by atoms with van der Waals surface area (Å²) in [7, 11) is 0. The average Bonchev–Trinajstić information content (AvgIpc) is 2.32. The van der Waals surface area contributed by atoms with Crippen molar-refractivity contribution < 1.29 is 4.79 Å². The normalized spacial score (nSPS) is 30.5. The van der Waals surface area contributed by atoms with Gasteiger partial charge in [0.25, 0.3) is 0 Å². The molecular formula is C9H15NO. The van der Waals surface area contributed by atoms with Crippen molar-refractivity contribution in [3.63, 3.8) is 0 Å². The summed E-state index contributed by atoms with van der Waals surface area (Å²) in [6.45, 7) is 8.32. The fourth-order valence-corrected chi connectivity index (χ4v) is 1.71. The van der Waals surface area contributed by atoms with E-state index in [1.165, 1.54) is 0 Å². The largest absolute Gasteiger partial charge is 0.334 e. The van der Waals surface area contributed by atoms with Gasteiger partial charge in [0.2, 0.25) is 5.91 Å². The molecule has 1 atom stereocenters. The fraction of sp³-hybridized carbons (Fsp3) is 0.667. The molecule has 0 bridgehead atoms. The Hall–Kier alpha value is -0.790. The molecule has 0 spiro atoms. The van der Waals surface area contributed by atoms with E-state index in [9.17, 15) is 4.79 Å². The van der Waals surface area contributed by atoms with Gasteiger partial charge in [-0.1, -0.05) is 6.08 Å². The molecule has 1 amide bonds. The molecule has 2 nitrogen and oxygen atoms in total. The smallest absolute Gasteiger partial charge is 0.220 e. The second-order valence-corrected chi connectivity index (χ2v) is 3.34. The molecule has 1 saturated heterocycles. The summed E-state index contributed by atoms with van der Waals surface area (Å²) in [5, 5.41) is 0. The van der Waals surface area contributed by atoms with E-state index >= 15 is 0 Å². The van der Waals surface area contributed by atoms with Crippen molar-refractivity contribution in [2.24, 2.45) is 0 Å². The lowest BCUT2D eigenvalue weighted by molar-refractivity contribution is -0.131.